The molecule has 2 unspecified atom stereocenters. The molecule has 0 saturated carbocycles. The molecule has 0 aromatic carbocycles. The largest absolute Gasteiger partial charge is 0.388 e. The molecule has 2 N–H and O–H groups in total. The quantitative estimate of drug-likeness (QED) is 0.806. The number of nitrogens with zero attached hydrogens (tertiary/aromatic N) is 4. The molecule has 2 aliphatic rings. The van der Waals surface area contributed by atoms with E-state index in [0.717, 1.165) is 18.9 Å². The molecule has 3 rings (SSSR count). The van der Waals surface area contributed by atoms with Crippen molar-refractivity contribution in [1.82, 2.24) is 14.9 Å². The summed E-state index contributed by atoms with van der Waals surface area (Å²) < 4.78 is 0. The monoisotopic (exact) mass is 277 g/mol. The van der Waals surface area contributed by atoms with Crippen molar-refractivity contribution in [1.29, 1.82) is 0 Å². The summed E-state index contributed by atoms with van der Waals surface area (Å²) in [5.41, 5.74) is 6.14. The van der Waals surface area contributed by atoms with Crippen molar-refractivity contribution in [3.63, 3.8) is 0 Å². The maximum atomic E-state index is 5.55. The number of nitrogens with two attached hydrogens (primary N) is 1. The fourth-order valence-electron chi connectivity index (χ4n) is 3.10. The Balaban J connectivity index is 1.79. The fraction of sp³-hybridized carbons (Fsp3) is 0.615. The van der Waals surface area contributed by atoms with Crippen molar-refractivity contribution in [3.8, 4) is 0 Å². The van der Waals surface area contributed by atoms with Gasteiger partial charge in [0.2, 0.25) is 0 Å². The number of aromatic nitrogens is 2. The lowest BCUT2D eigenvalue weighted by Gasteiger charge is -2.42. The smallest absolute Gasteiger partial charge is 0.147 e. The number of thiocarbonyl (C=S) groups is 1. The van der Waals surface area contributed by atoms with E-state index in [0.29, 0.717) is 22.8 Å². The van der Waals surface area contributed by atoms with Crippen LogP contribution in [0.2, 0.25) is 0 Å². The van der Waals surface area contributed by atoms with E-state index in [1.165, 1.54) is 19.4 Å². The Kier molecular flexibility index (Phi) is 3.36. The Morgan fingerprint density at radius 1 is 1.37 bits per heavy atom. The van der Waals surface area contributed by atoms with Crippen molar-refractivity contribution in [2.75, 3.05) is 24.5 Å². The number of piperazine rings is 1. The van der Waals surface area contributed by atoms with Gasteiger partial charge in [-0.2, -0.15) is 0 Å². The molecule has 0 aliphatic carbocycles. The highest BCUT2D eigenvalue weighted by molar-refractivity contribution is 7.80. The van der Waals surface area contributed by atoms with E-state index >= 15 is 0 Å². The topological polar surface area (TPSA) is 58.3 Å². The van der Waals surface area contributed by atoms with Gasteiger partial charge in [0, 0.05) is 25.2 Å². The highest BCUT2D eigenvalue weighted by Crippen LogP contribution is 2.27. The van der Waals surface area contributed by atoms with Crippen LogP contribution < -0.4 is 10.6 Å². The normalized spacial score (nSPS) is 27.3. The first-order valence-corrected chi connectivity index (χ1v) is 7.18. The molecule has 0 radical (unpaired) electrons. The fourth-order valence-corrected chi connectivity index (χ4v) is 3.21. The Morgan fingerprint density at radius 2 is 2.21 bits per heavy atom. The van der Waals surface area contributed by atoms with Crippen LogP contribution in [0.15, 0.2) is 12.4 Å². The van der Waals surface area contributed by atoms with Gasteiger partial charge in [0.05, 0.1) is 12.4 Å². The van der Waals surface area contributed by atoms with E-state index in [1.54, 1.807) is 12.4 Å². The first kappa shape index (κ1) is 12.7. The van der Waals surface area contributed by atoms with Gasteiger partial charge in [0.25, 0.3) is 0 Å². The van der Waals surface area contributed by atoms with Gasteiger partial charge in [-0.1, -0.05) is 12.2 Å². The molecule has 3 heterocycles. The second-order valence-corrected chi connectivity index (χ2v) is 5.86. The zero-order valence-corrected chi connectivity index (χ0v) is 11.9. The summed E-state index contributed by atoms with van der Waals surface area (Å²) >= 11 is 4.90. The summed E-state index contributed by atoms with van der Waals surface area (Å²) in [5.74, 6) is 0.930. The van der Waals surface area contributed by atoms with Crippen molar-refractivity contribution >= 4 is 23.0 Å². The van der Waals surface area contributed by atoms with Crippen LogP contribution >= 0.6 is 12.2 Å². The zero-order chi connectivity index (χ0) is 13.4. The summed E-state index contributed by atoms with van der Waals surface area (Å²) in [6.07, 6.45) is 6.07. The second-order valence-electron chi connectivity index (χ2n) is 5.42. The Hall–Kier alpha value is -1.27. The van der Waals surface area contributed by atoms with Crippen LogP contribution in [0.4, 0.5) is 5.82 Å². The molecule has 102 valence electrons. The maximum absolute atomic E-state index is 5.55. The molecule has 2 saturated heterocycles. The van der Waals surface area contributed by atoms with Crippen molar-refractivity contribution in [3.05, 3.63) is 18.1 Å². The third-order valence-electron chi connectivity index (χ3n) is 4.12. The number of rotatable bonds is 2. The minimum atomic E-state index is 0.299. The van der Waals surface area contributed by atoms with E-state index in [9.17, 15) is 0 Å². The van der Waals surface area contributed by atoms with E-state index < -0.39 is 0 Å². The van der Waals surface area contributed by atoms with Gasteiger partial charge in [-0.15, -0.1) is 0 Å². The van der Waals surface area contributed by atoms with Crippen LogP contribution in [0.1, 0.15) is 25.5 Å². The van der Waals surface area contributed by atoms with Crippen LogP contribution in [-0.4, -0.2) is 51.6 Å². The maximum Gasteiger partial charge on any atom is 0.147 e. The first-order chi connectivity index (χ1) is 9.15. The minimum absolute atomic E-state index is 0.299. The second kappa shape index (κ2) is 5.02. The van der Waals surface area contributed by atoms with Gasteiger partial charge < -0.3 is 10.6 Å². The zero-order valence-electron chi connectivity index (χ0n) is 11.1. The summed E-state index contributed by atoms with van der Waals surface area (Å²) in [6.45, 7) is 5.65. The van der Waals surface area contributed by atoms with Crippen LogP contribution in [0.3, 0.4) is 0 Å². The molecule has 19 heavy (non-hydrogen) atoms. The highest BCUT2D eigenvalue weighted by Gasteiger charge is 2.34. The molecule has 0 amide bonds. The average molecular weight is 277 g/mol. The Morgan fingerprint density at radius 3 is 2.89 bits per heavy atom. The van der Waals surface area contributed by atoms with Crippen LogP contribution in [0, 0.1) is 0 Å². The summed E-state index contributed by atoms with van der Waals surface area (Å²) in [5, 5.41) is 0. The third-order valence-corrected chi connectivity index (χ3v) is 4.33. The van der Waals surface area contributed by atoms with Gasteiger partial charge in [0.1, 0.15) is 16.5 Å². The number of anilines is 1. The Labute approximate surface area is 118 Å². The molecule has 2 aliphatic heterocycles. The summed E-state index contributed by atoms with van der Waals surface area (Å²) in [6, 6.07) is 1.15. The standard InChI is InChI=1S/C13H19N5S/c1-9-7-17-4-2-3-10(17)8-18(9)12-6-15-11(5-16-12)13(14)19/h5-6,9-10H,2-4,7-8H2,1H3,(H2,14,19). The van der Waals surface area contributed by atoms with E-state index in [4.69, 9.17) is 18.0 Å². The molecule has 0 spiro atoms. The minimum Gasteiger partial charge on any atom is -0.388 e. The van der Waals surface area contributed by atoms with Crippen molar-refractivity contribution in [2.45, 2.75) is 31.8 Å². The molecule has 6 heteroatoms. The van der Waals surface area contributed by atoms with Gasteiger partial charge in [0.15, 0.2) is 0 Å². The van der Waals surface area contributed by atoms with E-state index in [1.807, 2.05) is 0 Å². The molecule has 2 atom stereocenters. The molecule has 2 fully saturated rings. The van der Waals surface area contributed by atoms with Crippen molar-refractivity contribution in [2.24, 2.45) is 5.73 Å². The van der Waals surface area contributed by atoms with Gasteiger partial charge >= 0.3 is 0 Å². The summed E-state index contributed by atoms with van der Waals surface area (Å²) in [7, 11) is 0. The molecule has 1 aromatic heterocycles. The van der Waals surface area contributed by atoms with Gasteiger partial charge in [-0.25, -0.2) is 9.97 Å². The van der Waals surface area contributed by atoms with Crippen LogP contribution in [0.5, 0.6) is 0 Å². The van der Waals surface area contributed by atoms with Crippen molar-refractivity contribution < 1.29 is 0 Å². The third kappa shape index (κ3) is 2.42. The predicted molar refractivity (Wildman–Crippen MR) is 79.3 cm³/mol. The Bertz CT molecular complexity index is 474. The predicted octanol–water partition coefficient (Wildman–Crippen LogP) is 0.784. The molecule has 0 bridgehead atoms. The number of hydrogen-bond donors (Lipinski definition) is 1. The van der Waals surface area contributed by atoms with Crippen LogP contribution in [-0.2, 0) is 0 Å². The lowest BCUT2D eigenvalue weighted by atomic mass is 10.1. The number of hydrogen-bond acceptors (Lipinski definition) is 5. The van der Waals surface area contributed by atoms with Crippen LogP contribution in [0.25, 0.3) is 0 Å². The van der Waals surface area contributed by atoms with Gasteiger partial charge in [-0.3, -0.25) is 4.90 Å². The lowest BCUT2D eigenvalue weighted by Crippen LogP contribution is -2.55. The van der Waals surface area contributed by atoms with E-state index in [-0.39, 0.29) is 0 Å². The van der Waals surface area contributed by atoms with Gasteiger partial charge in [-0.05, 0) is 26.3 Å². The first-order valence-electron chi connectivity index (χ1n) is 6.77. The average Bonchev–Trinajstić information content (AvgIpc) is 2.85. The SMILES string of the molecule is CC1CN2CCCC2CN1c1cnc(C(N)=S)cn1. The molecule has 5 nitrogen and oxygen atoms in total. The van der Waals surface area contributed by atoms with E-state index in [2.05, 4.69) is 26.7 Å². The lowest BCUT2D eigenvalue weighted by molar-refractivity contribution is 0.202. The number of fused-ring (bicyclic) bond motifs is 1. The molecule has 1 aromatic rings. The highest BCUT2D eigenvalue weighted by atomic mass is 32.1. The molecular formula is C13H19N5S. The molecular weight excluding hydrogens is 258 g/mol. The summed E-state index contributed by atoms with van der Waals surface area (Å²) in [4.78, 5) is 14.0.